The average molecular weight is 318 g/mol. The fourth-order valence-electron chi connectivity index (χ4n) is 1.58. The molecule has 2 aromatic carbocycles. The molecule has 1 amide bonds. The first kappa shape index (κ1) is 16.0. The molecule has 0 bridgehead atoms. The van der Waals surface area contributed by atoms with E-state index in [9.17, 15) is 9.18 Å². The first-order valence-corrected chi connectivity index (χ1v) is 7.74. The maximum Gasteiger partial charge on any atom is 0.277 e. The number of halogens is 1. The zero-order valence-electron chi connectivity index (χ0n) is 12.0. The van der Waals surface area contributed by atoms with Gasteiger partial charge >= 0.3 is 0 Å². The standard InChI is InChI=1S/C16H15FN2O2S/c1-22-15-8-2-12(3-9-15)10-18-19-16(20)11-21-14-6-4-13(17)5-7-14/h2-10H,11H2,1H3,(H,19,20)/b18-10-. The lowest BCUT2D eigenvalue weighted by Crippen LogP contribution is -2.24. The van der Waals surface area contributed by atoms with Crippen LogP contribution in [0.1, 0.15) is 5.56 Å². The zero-order chi connectivity index (χ0) is 15.8. The maximum absolute atomic E-state index is 12.7. The third kappa shape index (κ3) is 5.21. The van der Waals surface area contributed by atoms with Crippen LogP contribution in [0, 0.1) is 5.82 Å². The van der Waals surface area contributed by atoms with E-state index < -0.39 is 0 Å². The molecule has 0 saturated carbocycles. The van der Waals surface area contributed by atoms with Gasteiger partial charge in [-0.15, -0.1) is 11.8 Å². The summed E-state index contributed by atoms with van der Waals surface area (Å²) in [5.74, 6) is -0.316. The highest BCUT2D eigenvalue weighted by Gasteiger charge is 2.01. The highest BCUT2D eigenvalue weighted by Crippen LogP contribution is 2.14. The van der Waals surface area contributed by atoms with Crippen LogP contribution in [0.5, 0.6) is 5.75 Å². The molecular weight excluding hydrogens is 303 g/mol. The van der Waals surface area contributed by atoms with E-state index in [1.807, 2.05) is 30.5 Å². The first-order chi connectivity index (χ1) is 10.7. The Morgan fingerprint density at radius 1 is 1.23 bits per heavy atom. The second-order valence-corrected chi connectivity index (χ2v) is 5.19. The Morgan fingerprint density at radius 2 is 1.91 bits per heavy atom. The van der Waals surface area contributed by atoms with Gasteiger partial charge in [0.05, 0.1) is 6.21 Å². The molecule has 0 saturated heterocycles. The molecule has 4 nitrogen and oxygen atoms in total. The van der Waals surface area contributed by atoms with Crippen LogP contribution in [0.2, 0.25) is 0 Å². The number of carbonyl (C=O) groups excluding carboxylic acids is 1. The van der Waals surface area contributed by atoms with Crippen LogP contribution in [-0.4, -0.2) is 25.0 Å². The monoisotopic (exact) mass is 318 g/mol. The van der Waals surface area contributed by atoms with E-state index in [0.29, 0.717) is 5.75 Å². The van der Waals surface area contributed by atoms with Crippen LogP contribution >= 0.6 is 11.8 Å². The van der Waals surface area contributed by atoms with Gasteiger partial charge in [0.15, 0.2) is 6.61 Å². The Bertz CT molecular complexity index is 642. The van der Waals surface area contributed by atoms with E-state index in [1.165, 1.54) is 24.3 Å². The number of benzene rings is 2. The number of hydrogen-bond acceptors (Lipinski definition) is 4. The van der Waals surface area contributed by atoms with Crippen LogP contribution in [-0.2, 0) is 4.79 Å². The van der Waals surface area contributed by atoms with E-state index in [1.54, 1.807) is 18.0 Å². The molecule has 1 N–H and O–H groups in total. The van der Waals surface area contributed by atoms with Crippen LogP contribution in [0.15, 0.2) is 58.5 Å². The number of hydrazone groups is 1. The van der Waals surface area contributed by atoms with Crippen molar-refractivity contribution in [2.75, 3.05) is 12.9 Å². The molecule has 0 aliphatic rings. The average Bonchev–Trinajstić information content (AvgIpc) is 2.55. The summed E-state index contributed by atoms with van der Waals surface area (Å²) in [6, 6.07) is 13.2. The fraction of sp³-hybridized carbons (Fsp3) is 0.125. The van der Waals surface area contributed by atoms with Crippen LogP contribution in [0.25, 0.3) is 0 Å². The Kier molecular flexibility index (Phi) is 5.97. The fourth-order valence-corrected chi connectivity index (χ4v) is 1.99. The maximum atomic E-state index is 12.7. The van der Waals surface area contributed by atoms with Gasteiger partial charge in [-0.1, -0.05) is 12.1 Å². The Morgan fingerprint density at radius 3 is 2.55 bits per heavy atom. The molecule has 0 atom stereocenters. The molecule has 0 aromatic heterocycles. The number of thioether (sulfide) groups is 1. The third-order valence-electron chi connectivity index (χ3n) is 2.70. The van der Waals surface area contributed by atoms with E-state index in [0.717, 1.165) is 10.5 Å². The minimum Gasteiger partial charge on any atom is -0.484 e. The van der Waals surface area contributed by atoms with E-state index in [-0.39, 0.29) is 18.3 Å². The first-order valence-electron chi connectivity index (χ1n) is 6.52. The van der Waals surface area contributed by atoms with E-state index >= 15 is 0 Å². The van der Waals surface area contributed by atoms with Crippen molar-refractivity contribution in [3.05, 3.63) is 59.9 Å². The summed E-state index contributed by atoms with van der Waals surface area (Å²) in [7, 11) is 0. The molecule has 6 heteroatoms. The molecule has 0 heterocycles. The molecule has 0 aliphatic heterocycles. The normalized spacial score (nSPS) is 10.6. The molecule has 0 radical (unpaired) electrons. The summed E-state index contributed by atoms with van der Waals surface area (Å²) >= 11 is 1.66. The van der Waals surface area contributed by atoms with Crippen molar-refractivity contribution < 1.29 is 13.9 Å². The van der Waals surface area contributed by atoms with Crippen molar-refractivity contribution in [3.63, 3.8) is 0 Å². The molecule has 0 spiro atoms. The zero-order valence-corrected chi connectivity index (χ0v) is 12.8. The largest absolute Gasteiger partial charge is 0.484 e. The molecular formula is C16H15FN2O2S. The van der Waals surface area contributed by atoms with Crippen molar-refractivity contribution in [2.45, 2.75) is 4.90 Å². The van der Waals surface area contributed by atoms with Crippen molar-refractivity contribution in [2.24, 2.45) is 5.10 Å². The lowest BCUT2D eigenvalue weighted by Gasteiger charge is -2.04. The second-order valence-electron chi connectivity index (χ2n) is 4.31. The van der Waals surface area contributed by atoms with Crippen LogP contribution in [0.4, 0.5) is 4.39 Å². The Hall–Kier alpha value is -2.34. The predicted octanol–water partition coefficient (Wildman–Crippen LogP) is 3.08. The van der Waals surface area contributed by atoms with Gasteiger partial charge in [0.1, 0.15) is 11.6 Å². The third-order valence-corrected chi connectivity index (χ3v) is 3.45. The van der Waals surface area contributed by atoms with Gasteiger partial charge in [0.2, 0.25) is 0 Å². The van der Waals surface area contributed by atoms with Crippen molar-refractivity contribution in [1.82, 2.24) is 5.43 Å². The van der Waals surface area contributed by atoms with Crippen LogP contribution < -0.4 is 10.2 Å². The van der Waals surface area contributed by atoms with Gasteiger partial charge in [-0.25, -0.2) is 9.82 Å². The van der Waals surface area contributed by atoms with Gasteiger partial charge in [-0.2, -0.15) is 5.10 Å². The molecule has 114 valence electrons. The summed E-state index contributed by atoms with van der Waals surface area (Å²) in [4.78, 5) is 12.7. The van der Waals surface area contributed by atoms with Gasteiger partial charge < -0.3 is 4.74 Å². The van der Waals surface area contributed by atoms with Gasteiger partial charge in [0.25, 0.3) is 5.91 Å². The highest BCUT2D eigenvalue weighted by atomic mass is 32.2. The topological polar surface area (TPSA) is 50.7 Å². The summed E-state index contributed by atoms with van der Waals surface area (Å²) in [6.07, 6.45) is 3.56. The van der Waals surface area contributed by atoms with E-state index in [2.05, 4.69) is 10.5 Å². The van der Waals surface area contributed by atoms with E-state index in [4.69, 9.17) is 4.74 Å². The lowest BCUT2D eigenvalue weighted by atomic mass is 10.2. The highest BCUT2D eigenvalue weighted by molar-refractivity contribution is 7.98. The van der Waals surface area contributed by atoms with Crippen molar-refractivity contribution in [3.8, 4) is 5.75 Å². The number of nitrogens with one attached hydrogen (secondary N) is 1. The number of ether oxygens (including phenoxy) is 1. The lowest BCUT2D eigenvalue weighted by molar-refractivity contribution is -0.123. The summed E-state index contributed by atoms with van der Waals surface area (Å²) in [6.45, 7) is -0.186. The predicted molar refractivity (Wildman–Crippen MR) is 85.9 cm³/mol. The molecule has 0 fully saturated rings. The van der Waals surface area contributed by atoms with Crippen molar-refractivity contribution in [1.29, 1.82) is 0 Å². The van der Waals surface area contributed by atoms with Crippen molar-refractivity contribution >= 4 is 23.9 Å². The SMILES string of the molecule is CSc1ccc(/C=N\NC(=O)COc2ccc(F)cc2)cc1. The Labute approximate surface area is 132 Å². The number of hydrogen-bond donors (Lipinski definition) is 1. The smallest absolute Gasteiger partial charge is 0.277 e. The second kappa shape index (κ2) is 8.19. The minimum atomic E-state index is -0.388. The molecule has 0 aliphatic carbocycles. The Balaban J connectivity index is 1.76. The van der Waals surface area contributed by atoms with Gasteiger partial charge in [-0.05, 0) is 48.2 Å². The molecule has 0 unspecified atom stereocenters. The number of nitrogens with zero attached hydrogens (tertiary/aromatic N) is 1. The number of carbonyl (C=O) groups is 1. The molecule has 2 rings (SSSR count). The summed E-state index contributed by atoms with van der Waals surface area (Å²) < 4.78 is 17.9. The molecule has 2 aromatic rings. The molecule has 22 heavy (non-hydrogen) atoms. The number of amides is 1. The number of rotatable bonds is 6. The minimum absolute atomic E-state index is 0.186. The van der Waals surface area contributed by atoms with Crippen LogP contribution in [0.3, 0.4) is 0 Å². The summed E-state index contributed by atoms with van der Waals surface area (Å²) in [5, 5.41) is 3.85. The summed E-state index contributed by atoms with van der Waals surface area (Å²) in [5.41, 5.74) is 3.25. The van der Waals surface area contributed by atoms with Gasteiger partial charge in [0, 0.05) is 4.90 Å². The van der Waals surface area contributed by atoms with Gasteiger partial charge in [-0.3, -0.25) is 4.79 Å². The quantitative estimate of drug-likeness (QED) is 0.506.